The fourth-order valence-corrected chi connectivity index (χ4v) is 2.96. The molecule has 0 aliphatic carbocycles. The zero-order valence-electron chi connectivity index (χ0n) is 16.5. The molecule has 0 fully saturated rings. The molecule has 0 unspecified atom stereocenters. The molecule has 10 heteroatoms. The van der Waals surface area contributed by atoms with Crippen LogP contribution in [-0.2, 0) is 4.79 Å². The summed E-state index contributed by atoms with van der Waals surface area (Å²) in [6.07, 6.45) is 9.06. The second-order valence-corrected chi connectivity index (χ2v) is 7.03. The number of aliphatic carboxylic acids is 1. The summed E-state index contributed by atoms with van der Waals surface area (Å²) < 4.78 is 0. The lowest BCUT2D eigenvalue weighted by molar-refractivity contribution is -0.384. The van der Waals surface area contributed by atoms with E-state index in [9.17, 15) is 29.8 Å². The average Bonchev–Trinajstić information content (AvgIpc) is 2.67. The fourth-order valence-electron chi connectivity index (χ4n) is 2.96. The molecule has 0 spiro atoms. The first-order chi connectivity index (χ1) is 13.8. The van der Waals surface area contributed by atoms with Crippen molar-refractivity contribution in [2.45, 2.75) is 64.2 Å². The third-order valence-corrected chi connectivity index (χ3v) is 4.56. The van der Waals surface area contributed by atoms with E-state index in [1.165, 1.54) is 6.07 Å². The van der Waals surface area contributed by atoms with Gasteiger partial charge in [-0.25, -0.2) is 0 Å². The molecule has 9 nitrogen and oxygen atoms in total. The van der Waals surface area contributed by atoms with E-state index < -0.39 is 23.9 Å². The molecule has 0 aliphatic heterocycles. The highest BCUT2D eigenvalue weighted by Crippen LogP contribution is 2.13. The van der Waals surface area contributed by atoms with Crippen molar-refractivity contribution in [2.75, 3.05) is 6.54 Å². The van der Waals surface area contributed by atoms with Crippen LogP contribution in [-0.4, -0.2) is 45.6 Å². The van der Waals surface area contributed by atoms with Crippen molar-refractivity contribution in [3.05, 3.63) is 33.9 Å². The van der Waals surface area contributed by atoms with Crippen LogP contribution < -0.4 is 10.8 Å². The molecule has 1 rings (SSSR count). The maximum atomic E-state index is 12.2. The standard InChI is InChI=1S/C19H29BN2O7/c23-18(24)10-8-6-4-2-1-3-5-7-9-11-21-19(25)15-12-16(20(26)27)14-17(13-15)22(28)29/h12-14,26-27H,1-11H2,(H,21,25)(H,23,24). The molecule has 0 radical (unpaired) electrons. The number of unbranched alkanes of at least 4 members (excludes halogenated alkanes) is 8. The summed E-state index contributed by atoms with van der Waals surface area (Å²) in [5.41, 5.74) is -0.457. The van der Waals surface area contributed by atoms with E-state index in [2.05, 4.69) is 5.32 Å². The number of rotatable bonds is 15. The molecule has 0 bridgehead atoms. The molecule has 0 saturated carbocycles. The summed E-state index contributed by atoms with van der Waals surface area (Å²) in [6, 6.07) is 3.36. The van der Waals surface area contributed by atoms with E-state index in [1.54, 1.807) is 0 Å². The second-order valence-electron chi connectivity index (χ2n) is 7.03. The molecule has 0 heterocycles. The van der Waals surface area contributed by atoms with Gasteiger partial charge in [0, 0.05) is 30.7 Å². The van der Waals surface area contributed by atoms with Gasteiger partial charge in [-0.15, -0.1) is 0 Å². The highest BCUT2D eigenvalue weighted by molar-refractivity contribution is 6.58. The van der Waals surface area contributed by atoms with Gasteiger partial charge in [-0.2, -0.15) is 0 Å². The number of carboxylic acid groups (broad SMARTS) is 1. The average molecular weight is 408 g/mol. The predicted octanol–water partition coefficient (Wildman–Crippen LogP) is 1.99. The number of carboxylic acids is 1. The summed E-state index contributed by atoms with van der Waals surface area (Å²) in [4.78, 5) is 32.8. The Bertz CT molecular complexity index is 683. The monoisotopic (exact) mass is 408 g/mol. The Balaban J connectivity index is 2.20. The van der Waals surface area contributed by atoms with Gasteiger partial charge in [-0.1, -0.05) is 44.9 Å². The maximum Gasteiger partial charge on any atom is 0.488 e. The zero-order chi connectivity index (χ0) is 21.6. The lowest BCUT2D eigenvalue weighted by Crippen LogP contribution is -2.32. The van der Waals surface area contributed by atoms with Crippen LogP contribution in [0, 0.1) is 10.1 Å². The fraction of sp³-hybridized carbons (Fsp3) is 0.579. The zero-order valence-corrected chi connectivity index (χ0v) is 16.5. The first-order valence-corrected chi connectivity index (χ1v) is 9.96. The van der Waals surface area contributed by atoms with Crippen LogP contribution >= 0.6 is 0 Å². The quantitative estimate of drug-likeness (QED) is 0.150. The van der Waals surface area contributed by atoms with Crippen molar-refractivity contribution < 1.29 is 29.7 Å². The van der Waals surface area contributed by atoms with Gasteiger partial charge in [0.25, 0.3) is 11.6 Å². The van der Waals surface area contributed by atoms with Crippen LogP contribution in [0.15, 0.2) is 18.2 Å². The third-order valence-electron chi connectivity index (χ3n) is 4.56. The number of nitro benzene ring substituents is 1. The Kier molecular flexibility index (Phi) is 11.6. The summed E-state index contributed by atoms with van der Waals surface area (Å²) in [6.45, 7) is 0.438. The lowest BCUT2D eigenvalue weighted by atomic mass is 9.79. The Labute approximate surface area is 170 Å². The molecule has 0 aliphatic rings. The van der Waals surface area contributed by atoms with Crippen molar-refractivity contribution in [3.63, 3.8) is 0 Å². The van der Waals surface area contributed by atoms with E-state index >= 15 is 0 Å². The van der Waals surface area contributed by atoms with Crippen molar-refractivity contribution in [1.82, 2.24) is 5.32 Å². The van der Waals surface area contributed by atoms with Crippen LogP contribution in [0.25, 0.3) is 0 Å². The van der Waals surface area contributed by atoms with Crippen molar-refractivity contribution >= 4 is 30.1 Å². The summed E-state index contributed by atoms with van der Waals surface area (Å²) in [7, 11) is -1.89. The second kappa shape index (κ2) is 13.7. The van der Waals surface area contributed by atoms with Gasteiger partial charge in [0.15, 0.2) is 0 Å². The van der Waals surface area contributed by atoms with Gasteiger partial charge in [0.2, 0.25) is 0 Å². The van der Waals surface area contributed by atoms with Gasteiger partial charge in [-0.3, -0.25) is 19.7 Å². The molecule has 1 aromatic rings. The third kappa shape index (κ3) is 10.6. The number of benzene rings is 1. The molecular weight excluding hydrogens is 379 g/mol. The van der Waals surface area contributed by atoms with Crippen LogP contribution in [0.2, 0.25) is 0 Å². The Morgan fingerprint density at radius 3 is 2.00 bits per heavy atom. The van der Waals surface area contributed by atoms with Crippen LogP contribution in [0.5, 0.6) is 0 Å². The number of nitro groups is 1. The van der Waals surface area contributed by atoms with Crippen molar-refractivity contribution in [1.29, 1.82) is 0 Å². The van der Waals surface area contributed by atoms with Crippen LogP contribution in [0.4, 0.5) is 5.69 Å². The molecule has 4 N–H and O–H groups in total. The predicted molar refractivity (Wildman–Crippen MR) is 109 cm³/mol. The van der Waals surface area contributed by atoms with Gasteiger partial charge < -0.3 is 20.5 Å². The van der Waals surface area contributed by atoms with E-state index in [0.717, 1.165) is 69.9 Å². The largest absolute Gasteiger partial charge is 0.488 e. The normalized spacial score (nSPS) is 10.6. The molecule has 0 atom stereocenters. The number of non-ortho nitro benzene ring substituents is 1. The smallest absolute Gasteiger partial charge is 0.481 e. The number of hydrogen-bond donors (Lipinski definition) is 4. The van der Waals surface area contributed by atoms with Gasteiger partial charge in [0.05, 0.1) is 4.92 Å². The Morgan fingerprint density at radius 1 is 0.931 bits per heavy atom. The molecular formula is C19H29BN2O7. The minimum absolute atomic E-state index is 0.0187. The first kappa shape index (κ1) is 24.6. The number of hydrogen-bond acceptors (Lipinski definition) is 6. The van der Waals surface area contributed by atoms with Crippen LogP contribution in [0.3, 0.4) is 0 Å². The van der Waals surface area contributed by atoms with Crippen molar-refractivity contribution in [3.8, 4) is 0 Å². The molecule has 0 aromatic heterocycles. The highest BCUT2D eigenvalue weighted by atomic mass is 16.6. The Hall–Kier alpha value is -2.46. The minimum atomic E-state index is -1.89. The summed E-state index contributed by atoms with van der Waals surface area (Å²) >= 11 is 0. The number of carbonyl (C=O) groups excluding carboxylic acids is 1. The SMILES string of the molecule is O=C(O)CCCCCCCCCCCNC(=O)c1cc(B(O)O)cc([N+](=O)[O-])c1. The summed E-state index contributed by atoms with van der Waals surface area (Å²) in [5.74, 6) is -1.23. The molecule has 1 amide bonds. The minimum Gasteiger partial charge on any atom is -0.481 e. The van der Waals surface area contributed by atoms with E-state index in [1.807, 2.05) is 0 Å². The van der Waals surface area contributed by atoms with E-state index in [4.69, 9.17) is 5.11 Å². The molecule has 160 valence electrons. The lowest BCUT2D eigenvalue weighted by Gasteiger charge is -2.07. The number of nitrogens with zero attached hydrogens (tertiary/aromatic N) is 1. The number of carbonyl (C=O) groups is 2. The first-order valence-electron chi connectivity index (χ1n) is 9.96. The molecule has 0 saturated heterocycles. The highest BCUT2D eigenvalue weighted by Gasteiger charge is 2.20. The summed E-state index contributed by atoms with van der Waals surface area (Å²) in [5, 5.41) is 40.6. The van der Waals surface area contributed by atoms with Crippen LogP contribution in [0.1, 0.15) is 74.6 Å². The number of nitrogens with one attached hydrogen (secondary N) is 1. The topological polar surface area (TPSA) is 150 Å². The van der Waals surface area contributed by atoms with Gasteiger partial charge >= 0.3 is 13.1 Å². The van der Waals surface area contributed by atoms with Gasteiger partial charge in [-0.05, 0) is 24.4 Å². The molecule has 29 heavy (non-hydrogen) atoms. The van der Waals surface area contributed by atoms with E-state index in [-0.39, 0.29) is 23.1 Å². The number of amides is 1. The van der Waals surface area contributed by atoms with Gasteiger partial charge in [0.1, 0.15) is 0 Å². The van der Waals surface area contributed by atoms with Crippen molar-refractivity contribution in [2.24, 2.45) is 0 Å². The molecule has 1 aromatic carbocycles. The van der Waals surface area contributed by atoms with E-state index in [0.29, 0.717) is 6.54 Å². The maximum absolute atomic E-state index is 12.2. The Morgan fingerprint density at radius 2 is 1.48 bits per heavy atom.